The summed E-state index contributed by atoms with van der Waals surface area (Å²) in [5.74, 6) is 0.849. The van der Waals surface area contributed by atoms with Gasteiger partial charge in [-0.15, -0.1) is 0 Å². The van der Waals surface area contributed by atoms with Crippen molar-refractivity contribution in [1.29, 1.82) is 0 Å². The van der Waals surface area contributed by atoms with Crippen LogP contribution in [0.3, 0.4) is 0 Å². The number of aldehydes is 1. The highest BCUT2D eigenvalue weighted by Crippen LogP contribution is 2.17. The molecule has 0 radical (unpaired) electrons. The van der Waals surface area contributed by atoms with Gasteiger partial charge in [0.25, 0.3) is 0 Å². The van der Waals surface area contributed by atoms with Crippen molar-refractivity contribution in [2.75, 3.05) is 0 Å². The van der Waals surface area contributed by atoms with E-state index in [4.69, 9.17) is 0 Å². The van der Waals surface area contributed by atoms with Crippen LogP contribution in [0.4, 0.5) is 0 Å². The summed E-state index contributed by atoms with van der Waals surface area (Å²) >= 11 is 0. The number of rotatable bonds is 2. The molecule has 1 heterocycles. The number of benzene rings is 1. The summed E-state index contributed by atoms with van der Waals surface area (Å²) in [7, 11) is 0. The van der Waals surface area contributed by atoms with Crippen molar-refractivity contribution in [2.24, 2.45) is 0 Å². The molecular weight excluding hydrogens is 188 g/mol. The fourth-order valence-electron chi connectivity index (χ4n) is 1.40. The molecule has 1 N–H and O–H groups in total. The zero-order valence-corrected chi connectivity index (χ0v) is 8.74. The van der Waals surface area contributed by atoms with Crippen molar-refractivity contribution in [3.05, 3.63) is 41.2 Å². The maximum atomic E-state index is 10.5. The van der Waals surface area contributed by atoms with Gasteiger partial charge < -0.3 is 4.98 Å². The standard InChI is InChI=1S/C12H12N2O/c1-8-9(2)14-12(13-8)11-5-3-10(7-15)4-6-11/h3-7H,1-2H3,(H,13,14). The average Bonchev–Trinajstić information content (AvgIpc) is 2.59. The van der Waals surface area contributed by atoms with Crippen LogP contribution in [0.2, 0.25) is 0 Å². The van der Waals surface area contributed by atoms with Gasteiger partial charge in [-0.3, -0.25) is 4.79 Å². The van der Waals surface area contributed by atoms with Crippen molar-refractivity contribution >= 4 is 6.29 Å². The van der Waals surface area contributed by atoms with Gasteiger partial charge in [0.1, 0.15) is 12.1 Å². The Bertz CT molecular complexity index is 463. The maximum absolute atomic E-state index is 10.5. The lowest BCUT2D eigenvalue weighted by Crippen LogP contribution is -1.83. The second-order valence-electron chi connectivity index (χ2n) is 3.54. The van der Waals surface area contributed by atoms with Crippen LogP contribution in [-0.4, -0.2) is 16.3 Å². The second kappa shape index (κ2) is 3.69. The summed E-state index contributed by atoms with van der Waals surface area (Å²) < 4.78 is 0. The van der Waals surface area contributed by atoms with Crippen LogP contribution in [0.25, 0.3) is 11.4 Å². The molecule has 3 heteroatoms. The molecule has 76 valence electrons. The first-order chi connectivity index (χ1) is 7.20. The van der Waals surface area contributed by atoms with Gasteiger partial charge in [-0.25, -0.2) is 4.98 Å². The smallest absolute Gasteiger partial charge is 0.150 e. The zero-order chi connectivity index (χ0) is 10.8. The Morgan fingerprint density at radius 2 is 1.87 bits per heavy atom. The van der Waals surface area contributed by atoms with E-state index >= 15 is 0 Å². The monoisotopic (exact) mass is 200 g/mol. The van der Waals surface area contributed by atoms with Gasteiger partial charge in [0.15, 0.2) is 0 Å². The van der Waals surface area contributed by atoms with Crippen molar-refractivity contribution < 1.29 is 4.79 Å². The number of aryl methyl sites for hydroxylation is 2. The number of nitrogens with one attached hydrogen (secondary N) is 1. The number of H-pyrrole nitrogens is 1. The summed E-state index contributed by atoms with van der Waals surface area (Å²) in [5, 5.41) is 0. The molecule has 0 saturated heterocycles. The number of hydrogen-bond acceptors (Lipinski definition) is 2. The predicted octanol–water partition coefficient (Wildman–Crippen LogP) is 2.51. The molecule has 0 aliphatic carbocycles. The quantitative estimate of drug-likeness (QED) is 0.757. The third kappa shape index (κ3) is 1.81. The number of hydrogen-bond donors (Lipinski definition) is 1. The highest BCUT2D eigenvalue weighted by atomic mass is 16.1. The summed E-state index contributed by atoms with van der Waals surface area (Å²) in [5.41, 5.74) is 3.75. The number of carbonyl (C=O) groups is 1. The molecule has 0 saturated carbocycles. The molecule has 15 heavy (non-hydrogen) atoms. The van der Waals surface area contributed by atoms with E-state index in [1.54, 1.807) is 12.1 Å². The third-order valence-corrected chi connectivity index (χ3v) is 2.45. The molecule has 1 aromatic carbocycles. The second-order valence-corrected chi connectivity index (χ2v) is 3.54. The summed E-state index contributed by atoms with van der Waals surface area (Å²) in [6.07, 6.45) is 0.836. The van der Waals surface area contributed by atoms with Gasteiger partial charge in [-0.2, -0.15) is 0 Å². The van der Waals surface area contributed by atoms with Crippen LogP contribution in [0, 0.1) is 13.8 Å². The molecular formula is C12H12N2O. The molecule has 0 atom stereocenters. The van der Waals surface area contributed by atoms with Crippen molar-refractivity contribution in [3.8, 4) is 11.4 Å². The van der Waals surface area contributed by atoms with Crippen LogP contribution < -0.4 is 0 Å². The summed E-state index contributed by atoms with van der Waals surface area (Å²) in [6.45, 7) is 3.96. The van der Waals surface area contributed by atoms with Gasteiger partial charge in [0.05, 0.1) is 5.69 Å². The Balaban J connectivity index is 2.41. The number of carbonyl (C=O) groups excluding carboxylic acids is 1. The highest BCUT2D eigenvalue weighted by Gasteiger charge is 2.04. The van der Waals surface area contributed by atoms with Crippen molar-refractivity contribution in [1.82, 2.24) is 9.97 Å². The third-order valence-electron chi connectivity index (χ3n) is 2.45. The van der Waals surface area contributed by atoms with Crippen LogP contribution in [0.15, 0.2) is 24.3 Å². The van der Waals surface area contributed by atoms with Gasteiger partial charge in [0, 0.05) is 16.8 Å². The van der Waals surface area contributed by atoms with Crippen LogP contribution in [-0.2, 0) is 0 Å². The van der Waals surface area contributed by atoms with Gasteiger partial charge in [-0.1, -0.05) is 24.3 Å². The van der Waals surface area contributed by atoms with Gasteiger partial charge >= 0.3 is 0 Å². The van der Waals surface area contributed by atoms with Crippen LogP contribution in [0.1, 0.15) is 21.7 Å². The molecule has 0 aliphatic rings. The first-order valence-electron chi connectivity index (χ1n) is 4.79. The average molecular weight is 200 g/mol. The topological polar surface area (TPSA) is 45.8 Å². The Labute approximate surface area is 88.2 Å². The van der Waals surface area contributed by atoms with Crippen LogP contribution >= 0.6 is 0 Å². The first-order valence-corrected chi connectivity index (χ1v) is 4.79. The van der Waals surface area contributed by atoms with E-state index in [9.17, 15) is 4.79 Å². The Kier molecular flexibility index (Phi) is 2.37. The van der Waals surface area contributed by atoms with Crippen molar-refractivity contribution in [3.63, 3.8) is 0 Å². The highest BCUT2D eigenvalue weighted by molar-refractivity contribution is 5.76. The van der Waals surface area contributed by atoms with E-state index in [1.807, 2.05) is 26.0 Å². The fraction of sp³-hybridized carbons (Fsp3) is 0.167. The first kappa shape index (κ1) is 9.65. The fourth-order valence-corrected chi connectivity index (χ4v) is 1.40. The molecule has 2 aromatic rings. The molecule has 0 spiro atoms. The molecule has 0 bridgehead atoms. The molecule has 0 fully saturated rings. The van der Waals surface area contributed by atoms with Crippen molar-refractivity contribution in [2.45, 2.75) is 13.8 Å². The summed E-state index contributed by atoms with van der Waals surface area (Å²) in [4.78, 5) is 18.1. The van der Waals surface area contributed by atoms with Crippen LogP contribution in [0.5, 0.6) is 0 Å². The lowest BCUT2D eigenvalue weighted by Gasteiger charge is -1.96. The minimum absolute atomic E-state index is 0.679. The lowest BCUT2D eigenvalue weighted by molar-refractivity contribution is 0.112. The minimum atomic E-state index is 0.679. The molecule has 0 amide bonds. The molecule has 3 nitrogen and oxygen atoms in total. The Morgan fingerprint density at radius 3 is 2.33 bits per heavy atom. The van der Waals surface area contributed by atoms with E-state index in [-0.39, 0.29) is 0 Å². The molecule has 2 rings (SSSR count). The SMILES string of the molecule is Cc1nc(-c2ccc(C=O)cc2)[nH]c1C. The van der Waals surface area contributed by atoms with E-state index in [2.05, 4.69) is 9.97 Å². The number of nitrogens with zero attached hydrogens (tertiary/aromatic N) is 1. The molecule has 0 unspecified atom stereocenters. The molecule has 0 aliphatic heterocycles. The van der Waals surface area contributed by atoms with Gasteiger partial charge in [-0.05, 0) is 13.8 Å². The molecule has 1 aromatic heterocycles. The van der Waals surface area contributed by atoms with E-state index < -0.39 is 0 Å². The van der Waals surface area contributed by atoms with E-state index in [1.165, 1.54) is 0 Å². The summed E-state index contributed by atoms with van der Waals surface area (Å²) in [6, 6.07) is 7.36. The lowest BCUT2D eigenvalue weighted by atomic mass is 10.1. The Hall–Kier alpha value is -1.90. The van der Waals surface area contributed by atoms with E-state index in [0.29, 0.717) is 5.56 Å². The number of aromatic amines is 1. The minimum Gasteiger partial charge on any atom is -0.342 e. The van der Waals surface area contributed by atoms with E-state index in [0.717, 1.165) is 29.1 Å². The number of aromatic nitrogens is 2. The van der Waals surface area contributed by atoms with Gasteiger partial charge in [0.2, 0.25) is 0 Å². The number of imidazole rings is 1. The maximum Gasteiger partial charge on any atom is 0.150 e. The Morgan fingerprint density at radius 1 is 1.20 bits per heavy atom. The normalized spacial score (nSPS) is 10.3. The zero-order valence-electron chi connectivity index (χ0n) is 8.74. The predicted molar refractivity (Wildman–Crippen MR) is 58.9 cm³/mol. The largest absolute Gasteiger partial charge is 0.342 e.